The van der Waals surface area contributed by atoms with Gasteiger partial charge in [-0.3, -0.25) is 9.59 Å². The molecule has 1 aromatic heterocycles. The predicted molar refractivity (Wildman–Crippen MR) is 100.0 cm³/mol. The number of aryl methyl sites for hydroxylation is 1. The maximum Gasteiger partial charge on any atom is 0.254 e. The first-order valence-corrected chi connectivity index (χ1v) is 9.82. The Bertz CT molecular complexity index is 583. The molecule has 24 heavy (non-hydrogen) atoms. The Morgan fingerprint density at radius 2 is 2.04 bits per heavy atom. The highest BCUT2D eigenvalue weighted by molar-refractivity contribution is 7.17. The van der Waals surface area contributed by atoms with E-state index in [4.69, 9.17) is 0 Å². The first-order valence-electron chi connectivity index (χ1n) is 9.00. The Hall–Kier alpha value is -1.40. The van der Waals surface area contributed by atoms with E-state index in [0.29, 0.717) is 24.6 Å². The minimum Gasteiger partial charge on any atom is -0.352 e. The molecule has 1 heterocycles. The summed E-state index contributed by atoms with van der Waals surface area (Å²) in [6.45, 7) is 4.76. The molecule has 0 radical (unpaired) electrons. The third-order valence-corrected chi connectivity index (χ3v) is 5.65. The number of carbonyl (C=O) groups is 2. The quantitative estimate of drug-likeness (QED) is 0.630. The van der Waals surface area contributed by atoms with Crippen molar-refractivity contribution in [3.8, 4) is 0 Å². The lowest BCUT2D eigenvalue weighted by Gasteiger charge is -2.22. The van der Waals surface area contributed by atoms with Crippen LogP contribution in [-0.2, 0) is 17.6 Å². The summed E-state index contributed by atoms with van der Waals surface area (Å²) in [4.78, 5) is 26.0. The average molecular weight is 352 g/mol. The maximum atomic E-state index is 12.7. The van der Waals surface area contributed by atoms with Crippen molar-refractivity contribution in [2.45, 2.75) is 64.8 Å². The van der Waals surface area contributed by atoms with Crippen molar-refractivity contribution in [2.24, 2.45) is 0 Å². The van der Waals surface area contributed by atoms with Crippen molar-refractivity contribution in [3.05, 3.63) is 16.0 Å². The highest BCUT2D eigenvalue weighted by Gasteiger charge is 2.29. The lowest BCUT2D eigenvalue weighted by molar-refractivity contribution is -0.116. The van der Waals surface area contributed by atoms with E-state index in [2.05, 4.69) is 22.9 Å². The number of likely N-dealkylation sites (N-methyl/N-ethyl adjacent to an activating group) is 1. The van der Waals surface area contributed by atoms with Gasteiger partial charge >= 0.3 is 0 Å². The van der Waals surface area contributed by atoms with Crippen LogP contribution in [0.5, 0.6) is 0 Å². The zero-order chi connectivity index (χ0) is 17.5. The molecular formula is C18H29N3O2S. The van der Waals surface area contributed by atoms with Crippen LogP contribution in [0.1, 0.15) is 66.8 Å². The second-order valence-electron chi connectivity index (χ2n) is 6.34. The van der Waals surface area contributed by atoms with Crippen LogP contribution in [-0.4, -0.2) is 31.4 Å². The number of unbranched alkanes of at least 4 members (excludes halogenated alkanes) is 1. The highest BCUT2D eigenvalue weighted by Crippen LogP contribution is 2.38. The number of nitrogens with one attached hydrogen (secondary N) is 3. The van der Waals surface area contributed by atoms with Crippen molar-refractivity contribution in [2.75, 3.05) is 18.9 Å². The van der Waals surface area contributed by atoms with E-state index in [9.17, 15) is 9.59 Å². The largest absolute Gasteiger partial charge is 0.352 e. The van der Waals surface area contributed by atoms with Gasteiger partial charge in [0.25, 0.3) is 5.91 Å². The smallest absolute Gasteiger partial charge is 0.254 e. The molecule has 0 spiro atoms. The van der Waals surface area contributed by atoms with Crippen LogP contribution in [0.3, 0.4) is 0 Å². The fraction of sp³-hybridized carbons (Fsp3) is 0.667. The summed E-state index contributed by atoms with van der Waals surface area (Å²) < 4.78 is 0. The molecule has 0 aliphatic heterocycles. The summed E-state index contributed by atoms with van der Waals surface area (Å²) in [5.41, 5.74) is 1.81. The van der Waals surface area contributed by atoms with Gasteiger partial charge in [-0.2, -0.15) is 0 Å². The molecule has 3 N–H and O–H groups in total. The molecule has 0 saturated carbocycles. The van der Waals surface area contributed by atoms with Crippen molar-refractivity contribution >= 4 is 28.2 Å². The number of hydrogen-bond donors (Lipinski definition) is 3. The molecule has 0 bridgehead atoms. The van der Waals surface area contributed by atoms with Crippen molar-refractivity contribution in [1.82, 2.24) is 10.6 Å². The van der Waals surface area contributed by atoms with Crippen LogP contribution in [0, 0.1) is 0 Å². The Kier molecular flexibility index (Phi) is 7.24. The third-order valence-electron chi connectivity index (χ3n) is 4.44. The summed E-state index contributed by atoms with van der Waals surface area (Å²) in [5.74, 6) is -0.0617. The molecule has 1 aliphatic carbocycles. The van der Waals surface area contributed by atoms with Crippen LogP contribution in [0.4, 0.5) is 5.00 Å². The first kappa shape index (κ1) is 18.9. The van der Waals surface area contributed by atoms with Crippen LogP contribution in [0.25, 0.3) is 0 Å². The molecule has 2 amide bonds. The molecule has 134 valence electrons. The summed E-state index contributed by atoms with van der Waals surface area (Å²) in [7, 11) is 1.97. The Morgan fingerprint density at radius 3 is 2.71 bits per heavy atom. The van der Waals surface area contributed by atoms with E-state index < -0.39 is 0 Å². The van der Waals surface area contributed by atoms with E-state index in [1.165, 1.54) is 4.88 Å². The molecular weight excluding hydrogens is 322 g/mol. The van der Waals surface area contributed by atoms with Gasteiger partial charge < -0.3 is 16.0 Å². The van der Waals surface area contributed by atoms with Crippen molar-refractivity contribution in [1.29, 1.82) is 0 Å². The van der Waals surface area contributed by atoms with Gasteiger partial charge in [0.2, 0.25) is 5.91 Å². The molecule has 6 heteroatoms. The van der Waals surface area contributed by atoms with Crippen molar-refractivity contribution < 1.29 is 9.59 Å². The molecule has 1 aliphatic rings. The second-order valence-corrected chi connectivity index (χ2v) is 7.45. The molecule has 0 saturated heterocycles. The summed E-state index contributed by atoms with van der Waals surface area (Å²) in [5, 5.41) is 10.0. The van der Waals surface area contributed by atoms with Gasteiger partial charge in [-0.25, -0.2) is 0 Å². The van der Waals surface area contributed by atoms with Gasteiger partial charge in [0.1, 0.15) is 5.00 Å². The number of rotatable bonds is 8. The molecule has 0 fully saturated rings. The number of amides is 2. The van der Waals surface area contributed by atoms with Gasteiger partial charge in [-0.1, -0.05) is 20.3 Å². The minimum atomic E-state index is -0.0514. The summed E-state index contributed by atoms with van der Waals surface area (Å²) in [6, 6.07) is 0.397. The van der Waals surface area contributed by atoms with Gasteiger partial charge in [0, 0.05) is 23.9 Å². The van der Waals surface area contributed by atoms with Crippen LogP contribution in [0.2, 0.25) is 0 Å². The zero-order valence-corrected chi connectivity index (χ0v) is 15.8. The van der Waals surface area contributed by atoms with Crippen LogP contribution >= 0.6 is 11.3 Å². The lowest BCUT2D eigenvalue weighted by atomic mass is 9.91. The van der Waals surface area contributed by atoms with Crippen LogP contribution < -0.4 is 16.0 Å². The average Bonchev–Trinajstić information content (AvgIpc) is 2.91. The number of fused-ring (bicyclic) bond motifs is 1. The molecule has 2 rings (SSSR count). The standard InChI is InChI=1S/C18H29N3O2S/c1-4-6-10-20-17(23)16-13-11-12(19-3)8-9-14(13)24-18(16)21-15(22)7-5-2/h12,19H,4-11H2,1-3H3,(H,20,23)(H,21,22). The zero-order valence-electron chi connectivity index (χ0n) is 15.0. The first-order chi connectivity index (χ1) is 11.6. The number of carbonyl (C=O) groups excluding carboxylic acids is 2. The maximum absolute atomic E-state index is 12.7. The summed E-state index contributed by atoms with van der Waals surface area (Å²) in [6.07, 6.45) is 6.18. The number of hydrogen-bond acceptors (Lipinski definition) is 4. The van der Waals surface area contributed by atoms with Gasteiger partial charge in [0.05, 0.1) is 5.56 Å². The Labute approximate surface area is 148 Å². The topological polar surface area (TPSA) is 70.2 Å². The molecule has 0 aromatic carbocycles. The highest BCUT2D eigenvalue weighted by atomic mass is 32.1. The molecule has 1 atom stereocenters. The predicted octanol–water partition coefficient (Wildman–Crippen LogP) is 3.09. The summed E-state index contributed by atoms with van der Waals surface area (Å²) >= 11 is 1.58. The molecule has 1 unspecified atom stereocenters. The number of anilines is 1. The van der Waals surface area contributed by atoms with E-state index in [-0.39, 0.29) is 11.8 Å². The Balaban J connectivity index is 2.27. The molecule has 5 nitrogen and oxygen atoms in total. The van der Waals surface area contributed by atoms with E-state index in [0.717, 1.165) is 49.1 Å². The van der Waals surface area contributed by atoms with E-state index in [1.54, 1.807) is 11.3 Å². The van der Waals surface area contributed by atoms with E-state index in [1.807, 2.05) is 14.0 Å². The molecule has 1 aromatic rings. The monoisotopic (exact) mass is 351 g/mol. The SMILES string of the molecule is CCCCNC(=O)c1c(NC(=O)CCC)sc2c1CC(NC)CC2. The fourth-order valence-electron chi connectivity index (χ4n) is 3.04. The normalized spacial score (nSPS) is 16.5. The third kappa shape index (κ3) is 4.57. The lowest BCUT2D eigenvalue weighted by Crippen LogP contribution is -2.33. The minimum absolute atomic E-state index is 0.0103. The second kappa shape index (κ2) is 9.18. The van der Waals surface area contributed by atoms with Crippen molar-refractivity contribution in [3.63, 3.8) is 0 Å². The van der Waals surface area contributed by atoms with Gasteiger partial charge in [-0.15, -0.1) is 11.3 Å². The number of thiophene rings is 1. The van der Waals surface area contributed by atoms with E-state index >= 15 is 0 Å². The van der Waals surface area contributed by atoms with Gasteiger partial charge in [-0.05, 0) is 44.7 Å². The Morgan fingerprint density at radius 1 is 1.25 bits per heavy atom. The van der Waals surface area contributed by atoms with Crippen LogP contribution in [0.15, 0.2) is 0 Å². The fourth-order valence-corrected chi connectivity index (χ4v) is 4.30. The van der Waals surface area contributed by atoms with Gasteiger partial charge in [0.15, 0.2) is 0 Å².